The van der Waals surface area contributed by atoms with E-state index in [2.05, 4.69) is 5.10 Å². The van der Waals surface area contributed by atoms with Gasteiger partial charge in [0, 0.05) is 5.39 Å². The van der Waals surface area contributed by atoms with E-state index in [1.54, 1.807) is 18.3 Å². The lowest BCUT2D eigenvalue weighted by Crippen LogP contribution is -2.44. The van der Waals surface area contributed by atoms with Crippen LogP contribution >= 0.6 is 0 Å². The van der Waals surface area contributed by atoms with E-state index in [0.29, 0.717) is 5.39 Å². The summed E-state index contributed by atoms with van der Waals surface area (Å²) < 4.78 is 11.8. The van der Waals surface area contributed by atoms with E-state index in [1.807, 2.05) is 12.1 Å². The van der Waals surface area contributed by atoms with Gasteiger partial charge in [0.25, 0.3) is 5.56 Å². The summed E-state index contributed by atoms with van der Waals surface area (Å²) in [6, 6.07) is 7.15. The van der Waals surface area contributed by atoms with Crippen molar-refractivity contribution in [1.29, 1.82) is 0 Å². The molecule has 1 aromatic carbocycles. The minimum atomic E-state index is -1.01. The lowest BCUT2D eigenvalue weighted by molar-refractivity contribution is -0.117. The average Bonchev–Trinajstić information content (AvgIpc) is 2.56. The molecule has 3 atom stereocenters. The number of benzene rings is 1. The van der Waals surface area contributed by atoms with E-state index in [-0.39, 0.29) is 18.9 Å². The van der Waals surface area contributed by atoms with Crippen LogP contribution in [0.5, 0.6) is 0 Å². The van der Waals surface area contributed by atoms with Crippen molar-refractivity contribution in [2.45, 2.75) is 25.0 Å². The highest BCUT2D eigenvalue weighted by atomic mass is 16.5. The molecule has 1 aliphatic heterocycles. The number of aliphatic hydroxyl groups is 2. The Labute approximate surface area is 126 Å². The molecule has 7 nitrogen and oxygen atoms in total. The summed E-state index contributed by atoms with van der Waals surface area (Å²) in [6.07, 6.45) is 2.07. The largest absolute Gasteiger partial charge is 0.493 e. The van der Waals surface area contributed by atoms with Crippen LogP contribution in [-0.2, 0) is 16.2 Å². The maximum Gasteiger partial charge on any atom is 0.276 e. The second-order valence-corrected chi connectivity index (χ2v) is 4.97. The fourth-order valence-electron chi connectivity index (χ4n) is 2.31. The van der Waals surface area contributed by atoms with Crippen molar-refractivity contribution in [2.24, 2.45) is 0 Å². The Balaban J connectivity index is 1.77. The van der Waals surface area contributed by atoms with Gasteiger partial charge in [-0.3, -0.25) is 4.79 Å². The predicted molar refractivity (Wildman–Crippen MR) is 78.0 cm³/mol. The summed E-state index contributed by atoms with van der Waals surface area (Å²) in [5, 5.41) is 24.4. The van der Waals surface area contributed by atoms with Crippen molar-refractivity contribution >= 4 is 10.8 Å². The molecule has 0 fully saturated rings. The molecule has 0 amide bonds. The molecule has 2 heterocycles. The van der Waals surface area contributed by atoms with Crippen LogP contribution in [-0.4, -0.2) is 44.9 Å². The van der Waals surface area contributed by atoms with Gasteiger partial charge < -0.3 is 19.7 Å². The van der Waals surface area contributed by atoms with Crippen LogP contribution in [0.25, 0.3) is 10.8 Å². The summed E-state index contributed by atoms with van der Waals surface area (Å²) in [7, 11) is 0. The van der Waals surface area contributed by atoms with E-state index in [0.717, 1.165) is 5.39 Å². The molecule has 0 bridgehead atoms. The zero-order chi connectivity index (χ0) is 15.5. The molecule has 1 aliphatic rings. The quantitative estimate of drug-likeness (QED) is 0.826. The first kappa shape index (κ1) is 14.7. The smallest absolute Gasteiger partial charge is 0.276 e. The van der Waals surface area contributed by atoms with Gasteiger partial charge >= 0.3 is 0 Å². The summed E-state index contributed by atoms with van der Waals surface area (Å²) >= 11 is 0. The van der Waals surface area contributed by atoms with Crippen LogP contribution in [0.1, 0.15) is 0 Å². The first-order valence-electron chi connectivity index (χ1n) is 6.88. The fourth-order valence-corrected chi connectivity index (χ4v) is 2.31. The van der Waals surface area contributed by atoms with Crippen LogP contribution in [0.4, 0.5) is 0 Å². The molecule has 22 heavy (non-hydrogen) atoms. The van der Waals surface area contributed by atoms with Crippen LogP contribution in [0.15, 0.2) is 47.6 Å². The van der Waals surface area contributed by atoms with Crippen molar-refractivity contribution in [3.8, 4) is 0 Å². The number of aromatic nitrogens is 2. The Morgan fingerprint density at radius 2 is 2.18 bits per heavy atom. The Morgan fingerprint density at radius 1 is 1.36 bits per heavy atom. The zero-order valence-corrected chi connectivity index (χ0v) is 11.7. The van der Waals surface area contributed by atoms with E-state index < -0.39 is 18.3 Å². The maximum absolute atomic E-state index is 12.3. The number of ether oxygens (including phenoxy) is 2. The molecular formula is C15H16N2O5. The Bertz CT molecular complexity index is 742. The number of nitrogens with zero attached hydrogens (tertiary/aromatic N) is 2. The summed E-state index contributed by atoms with van der Waals surface area (Å²) in [5.74, 6) is 0. The van der Waals surface area contributed by atoms with E-state index in [4.69, 9.17) is 14.6 Å². The van der Waals surface area contributed by atoms with Gasteiger partial charge in [-0.2, -0.15) is 5.10 Å². The van der Waals surface area contributed by atoms with Gasteiger partial charge in [-0.05, 0) is 12.1 Å². The van der Waals surface area contributed by atoms with Gasteiger partial charge in [0.2, 0.25) is 0 Å². The Morgan fingerprint density at radius 3 is 3.00 bits per heavy atom. The van der Waals surface area contributed by atoms with Gasteiger partial charge in [0.15, 0.2) is 0 Å². The van der Waals surface area contributed by atoms with Crippen molar-refractivity contribution in [2.75, 3.05) is 6.61 Å². The van der Waals surface area contributed by atoms with Gasteiger partial charge in [-0.25, -0.2) is 4.68 Å². The number of rotatable bonds is 4. The first-order chi connectivity index (χ1) is 10.7. The van der Waals surface area contributed by atoms with Crippen molar-refractivity contribution in [3.63, 3.8) is 0 Å². The molecule has 2 aromatic rings. The average molecular weight is 304 g/mol. The molecular weight excluding hydrogens is 288 g/mol. The number of hydrogen-bond donors (Lipinski definition) is 2. The number of hydrogen-bond acceptors (Lipinski definition) is 6. The van der Waals surface area contributed by atoms with Crippen LogP contribution in [0, 0.1) is 0 Å². The molecule has 0 spiro atoms. The summed E-state index contributed by atoms with van der Waals surface area (Å²) in [4.78, 5) is 12.3. The molecule has 7 heteroatoms. The second kappa shape index (κ2) is 6.27. The topological polar surface area (TPSA) is 93.8 Å². The second-order valence-electron chi connectivity index (χ2n) is 4.97. The number of fused-ring (bicyclic) bond motifs is 1. The summed E-state index contributed by atoms with van der Waals surface area (Å²) in [5.41, 5.74) is -0.262. The Hall–Kier alpha value is -2.22. The minimum absolute atomic E-state index is 0.103. The third-order valence-electron chi connectivity index (χ3n) is 3.57. The van der Waals surface area contributed by atoms with Gasteiger partial charge in [0.1, 0.15) is 25.0 Å². The van der Waals surface area contributed by atoms with Gasteiger partial charge in [0.05, 0.1) is 24.5 Å². The van der Waals surface area contributed by atoms with Crippen molar-refractivity contribution < 1.29 is 19.7 Å². The molecule has 2 N–H and O–H groups in total. The lowest BCUT2D eigenvalue weighted by atomic mass is 10.1. The molecule has 0 aliphatic carbocycles. The highest BCUT2D eigenvalue weighted by molar-refractivity contribution is 5.80. The number of aliphatic hydroxyl groups excluding tert-OH is 2. The highest BCUT2D eigenvalue weighted by Crippen LogP contribution is 2.15. The van der Waals surface area contributed by atoms with Crippen molar-refractivity contribution in [1.82, 2.24) is 9.78 Å². The molecule has 3 rings (SSSR count). The molecule has 0 unspecified atom stereocenters. The van der Waals surface area contributed by atoms with E-state index in [9.17, 15) is 9.90 Å². The minimum Gasteiger partial charge on any atom is -0.493 e. The highest BCUT2D eigenvalue weighted by Gasteiger charge is 2.30. The molecule has 116 valence electrons. The van der Waals surface area contributed by atoms with E-state index in [1.165, 1.54) is 17.0 Å². The predicted octanol–water partition coefficient (Wildman–Crippen LogP) is 0.00490. The summed E-state index contributed by atoms with van der Waals surface area (Å²) in [6.45, 7) is -0.423. The standard InChI is InChI=1S/C15H16N2O5/c18-8-13-14(19)12(5-6-21-13)22-9-17-15(20)11-4-2-1-3-10(11)7-16-17/h1-7,12-14,18-19H,8-9H2/t12-,13-,14-/m1/s1. The molecule has 1 aromatic heterocycles. The maximum atomic E-state index is 12.3. The van der Waals surface area contributed by atoms with Gasteiger partial charge in [-0.15, -0.1) is 0 Å². The first-order valence-corrected chi connectivity index (χ1v) is 6.88. The zero-order valence-electron chi connectivity index (χ0n) is 11.7. The third-order valence-corrected chi connectivity index (χ3v) is 3.57. The van der Waals surface area contributed by atoms with Crippen LogP contribution in [0.3, 0.4) is 0 Å². The monoisotopic (exact) mass is 304 g/mol. The van der Waals surface area contributed by atoms with Crippen LogP contribution in [0.2, 0.25) is 0 Å². The molecule has 0 radical (unpaired) electrons. The lowest BCUT2D eigenvalue weighted by Gasteiger charge is -2.29. The molecule has 0 saturated carbocycles. The SMILES string of the molecule is O=c1c2ccccc2cnn1CO[C@@H]1C=CO[C@H](CO)[C@@H]1O. The normalized spacial score (nSPS) is 24.4. The van der Waals surface area contributed by atoms with Crippen molar-refractivity contribution in [3.05, 3.63) is 53.2 Å². The third kappa shape index (κ3) is 2.74. The Kier molecular flexibility index (Phi) is 4.19. The van der Waals surface area contributed by atoms with Gasteiger partial charge in [-0.1, -0.05) is 18.2 Å². The van der Waals surface area contributed by atoms with E-state index >= 15 is 0 Å². The fraction of sp³-hybridized carbons (Fsp3) is 0.333. The van der Waals surface area contributed by atoms with Crippen LogP contribution < -0.4 is 5.56 Å². The molecule has 0 saturated heterocycles.